The Hall–Kier alpha value is -1.78. The average Bonchev–Trinajstić information content (AvgIpc) is 2.32. The maximum atomic E-state index is 13.4. The normalized spacial score (nSPS) is 22.0. The Labute approximate surface area is 105 Å². The third-order valence-corrected chi connectivity index (χ3v) is 3.12. The van der Waals surface area contributed by atoms with Crippen LogP contribution in [0, 0.1) is 11.2 Å². The molecule has 1 atom stereocenters. The Bertz CT molecular complexity index is 473. The molecule has 0 saturated carbocycles. The van der Waals surface area contributed by atoms with Crippen LogP contribution >= 0.6 is 0 Å². The van der Waals surface area contributed by atoms with Crippen LogP contribution in [-0.4, -0.2) is 19.8 Å². The van der Waals surface area contributed by atoms with Gasteiger partial charge in [0.25, 0.3) is 0 Å². The van der Waals surface area contributed by atoms with E-state index in [1.165, 1.54) is 19.2 Å². The van der Waals surface area contributed by atoms with Crippen molar-refractivity contribution >= 4 is 6.09 Å². The highest BCUT2D eigenvalue weighted by atomic mass is 19.1. The Kier molecular flexibility index (Phi) is 3.15. The van der Waals surface area contributed by atoms with Gasteiger partial charge in [0.05, 0.1) is 13.2 Å². The monoisotopic (exact) mass is 253 g/mol. The molecule has 1 heterocycles. The van der Waals surface area contributed by atoms with E-state index in [1.54, 1.807) is 6.07 Å². The standard InChI is InChI=1S/C13H16FNO3/c1-13(2)7-18-12(16)15-11(13)9-6-8(14)4-5-10(9)17-3/h4-6,11H,7H2,1-3H3,(H,15,16)/t11-/m0/s1. The minimum atomic E-state index is -0.495. The van der Waals surface area contributed by atoms with Crippen molar-refractivity contribution in [2.45, 2.75) is 19.9 Å². The number of hydrogen-bond acceptors (Lipinski definition) is 3. The third kappa shape index (κ3) is 2.25. The Morgan fingerprint density at radius 3 is 2.89 bits per heavy atom. The number of carbonyl (C=O) groups excluding carboxylic acids is 1. The van der Waals surface area contributed by atoms with Crippen molar-refractivity contribution in [3.8, 4) is 5.75 Å². The summed E-state index contributed by atoms with van der Waals surface area (Å²) < 4.78 is 23.6. The molecule has 0 aromatic heterocycles. The van der Waals surface area contributed by atoms with E-state index in [9.17, 15) is 9.18 Å². The van der Waals surface area contributed by atoms with E-state index < -0.39 is 6.09 Å². The molecule has 0 radical (unpaired) electrons. The number of halogens is 1. The highest BCUT2D eigenvalue weighted by molar-refractivity contribution is 5.69. The summed E-state index contributed by atoms with van der Waals surface area (Å²) in [7, 11) is 1.52. The molecule has 18 heavy (non-hydrogen) atoms. The maximum absolute atomic E-state index is 13.4. The molecule has 5 heteroatoms. The number of carbonyl (C=O) groups is 1. The molecule has 0 spiro atoms. The summed E-state index contributed by atoms with van der Waals surface area (Å²) in [4.78, 5) is 11.4. The van der Waals surface area contributed by atoms with Crippen LogP contribution < -0.4 is 10.1 Å². The number of cyclic esters (lactones) is 1. The van der Waals surface area contributed by atoms with Gasteiger partial charge in [-0.25, -0.2) is 9.18 Å². The van der Waals surface area contributed by atoms with Gasteiger partial charge in [-0.15, -0.1) is 0 Å². The molecule has 1 N–H and O–H groups in total. The van der Waals surface area contributed by atoms with Gasteiger partial charge < -0.3 is 14.8 Å². The van der Waals surface area contributed by atoms with Gasteiger partial charge in [-0.05, 0) is 18.2 Å². The molecule has 1 saturated heterocycles. The predicted octanol–water partition coefficient (Wildman–Crippen LogP) is 2.64. The zero-order chi connectivity index (χ0) is 13.3. The number of methoxy groups -OCH3 is 1. The van der Waals surface area contributed by atoms with Gasteiger partial charge in [-0.3, -0.25) is 0 Å². The zero-order valence-electron chi connectivity index (χ0n) is 10.6. The largest absolute Gasteiger partial charge is 0.496 e. The fraction of sp³-hybridized carbons (Fsp3) is 0.462. The Balaban J connectivity index is 2.45. The van der Waals surface area contributed by atoms with E-state index >= 15 is 0 Å². The Morgan fingerprint density at radius 1 is 1.50 bits per heavy atom. The first-order valence-corrected chi connectivity index (χ1v) is 5.71. The molecule has 1 fully saturated rings. The van der Waals surface area contributed by atoms with Gasteiger partial charge in [-0.2, -0.15) is 0 Å². The van der Waals surface area contributed by atoms with Crippen LogP contribution in [0.5, 0.6) is 5.75 Å². The second kappa shape index (κ2) is 4.48. The molecule has 1 aliphatic rings. The van der Waals surface area contributed by atoms with Crippen LogP contribution in [-0.2, 0) is 4.74 Å². The summed E-state index contributed by atoms with van der Waals surface area (Å²) in [6, 6.07) is 3.93. The molecule has 1 aromatic rings. The van der Waals surface area contributed by atoms with Crippen molar-refractivity contribution in [1.82, 2.24) is 5.32 Å². The van der Waals surface area contributed by atoms with Crippen LogP contribution in [0.3, 0.4) is 0 Å². The minimum Gasteiger partial charge on any atom is -0.496 e. The fourth-order valence-corrected chi connectivity index (χ4v) is 2.12. The molecule has 2 rings (SSSR count). The lowest BCUT2D eigenvalue weighted by Gasteiger charge is -2.39. The number of amides is 1. The molecular formula is C13H16FNO3. The van der Waals surface area contributed by atoms with E-state index in [4.69, 9.17) is 9.47 Å². The quantitative estimate of drug-likeness (QED) is 0.881. The lowest BCUT2D eigenvalue weighted by Crippen LogP contribution is -2.47. The minimum absolute atomic E-state index is 0.281. The molecule has 0 aliphatic carbocycles. The molecule has 1 amide bonds. The van der Waals surface area contributed by atoms with Crippen molar-refractivity contribution in [3.05, 3.63) is 29.6 Å². The summed E-state index contributed by atoms with van der Waals surface area (Å²) >= 11 is 0. The van der Waals surface area contributed by atoms with Gasteiger partial charge >= 0.3 is 6.09 Å². The van der Waals surface area contributed by atoms with Crippen LogP contribution in [0.2, 0.25) is 0 Å². The Morgan fingerprint density at radius 2 is 2.22 bits per heavy atom. The molecule has 0 bridgehead atoms. The summed E-state index contributed by atoms with van der Waals surface area (Å²) in [6.07, 6.45) is -0.495. The van der Waals surface area contributed by atoms with Crippen molar-refractivity contribution in [1.29, 1.82) is 0 Å². The molecule has 1 aliphatic heterocycles. The molecule has 98 valence electrons. The van der Waals surface area contributed by atoms with Crippen LogP contribution in [0.1, 0.15) is 25.5 Å². The summed E-state index contributed by atoms with van der Waals surface area (Å²) in [5.41, 5.74) is 0.286. The fourth-order valence-electron chi connectivity index (χ4n) is 2.12. The first-order valence-electron chi connectivity index (χ1n) is 5.71. The topological polar surface area (TPSA) is 47.6 Å². The lowest BCUT2D eigenvalue weighted by molar-refractivity contribution is 0.0380. The third-order valence-electron chi connectivity index (χ3n) is 3.12. The molecule has 0 unspecified atom stereocenters. The van der Waals surface area contributed by atoms with Gasteiger partial charge in [0.15, 0.2) is 0 Å². The average molecular weight is 253 g/mol. The number of benzene rings is 1. The van der Waals surface area contributed by atoms with E-state index in [0.29, 0.717) is 11.3 Å². The highest BCUT2D eigenvalue weighted by Gasteiger charge is 2.39. The van der Waals surface area contributed by atoms with Crippen LogP contribution in [0.25, 0.3) is 0 Å². The molecule has 1 aromatic carbocycles. The van der Waals surface area contributed by atoms with E-state index in [0.717, 1.165) is 0 Å². The second-order valence-electron chi connectivity index (χ2n) is 5.03. The van der Waals surface area contributed by atoms with Crippen molar-refractivity contribution in [3.63, 3.8) is 0 Å². The van der Waals surface area contributed by atoms with Crippen molar-refractivity contribution in [2.24, 2.45) is 5.41 Å². The smallest absolute Gasteiger partial charge is 0.407 e. The zero-order valence-corrected chi connectivity index (χ0v) is 10.6. The van der Waals surface area contributed by atoms with Gasteiger partial charge in [0.2, 0.25) is 0 Å². The van der Waals surface area contributed by atoms with Gasteiger partial charge in [-0.1, -0.05) is 13.8 Å². The molecular weight excluding hydrogens is 237 g/mol. The second-order valence-corrected chi connectivity index (χ2v) is 5.03. The number of alkyl carbamates (subject to hydrolysis) is 1. The lowest BCUT2D eigenvalue weighted by atomic mass is 9.80. The number of nitrogens with one attached hydrogen (secondary N) is 1. The van der Waals surface area contributed by atoms with E-state index in [-0.39, 0.29) is 23.9 Å². The number of ether oxygens (including phenoxy) is 2. The molecule has 4 nitrogen and oxygen atoms in total. The summed E-state index contributed by atoms with van der Waals surface area (Å²) in [5.74, 6) is 0.194. The van der Waals surface area contributed by atoms with Crippen molar-refractivity contribution in [2.75, 3.05) is 13.7 Å². The first kappa shape index (κ1) is 12.7. The SMILES string of the molecule is COc1ccc(F)cc1[C@@H]1NC(=O)OCC1(C)C. The highest BCUT2D eigenvalue weighted by Crippen LogP contribution is 2.40. The first-order chi connectivity index (χ1) is 8.44. The predicted molar refractivity (Wildman–Crippen MR) is 64.0 cm³/mol. The number of rotatable bonds is 2. The van der Waals surface area contributed by atoms with E-state index in [1.807, 2.05) is 13.8 Å². The van der Waals surface area contributed by atoms with E-state index in [2.05, 4.69) is 5.32 Å². The van der Waals surface area contributed by atoms with Crippen molar-refractivity contribution < 1.29 is 18.7 Å². The van der Waals surface area contributed by atoms with Crippen LogP contribution in [0.4, 0.5) is 9.18 Å². The summed E-state index contributed by atoms with van der Waals surface area (Å²) in [6.45, 7) is 4.17. The van der Waals surface area contributed by atoms with Crippen LogP contribution in [0.15, 0.2) is 18.2 Å². The summed E-state index contributed by atoms with van der Waals surface area (Å²) in [5, 5.41) is 2.72. The van der Waals surface area contributed by atoms with Gasteiger partial charge in [0, 0.05) is 11.0 Å². The van der Waals surface area contributed by atoms with Gasteiger partial charge in [0.1, 0.15) is 18.2 Å². The maximum Gasteiger partial charge on any atom is 0.407 e. The number of hydrogen-bond donors (Lipinski definition) is 1.